The second-order valence-electron chi connectivity index (χ2n) is 5.40. The molecule has 1 saturated heterocycles. The summed E-state index contributed by atoms with van der Waals surface area (Å²) < 4.78 is 10.5. The fourth-order valence-electron chi connectivity index (χ4n) is 2.10. The smallest absolute Gasteiger partial charge is 0.234 e. The highest BCUT2D eigenvalue weighted by Crippen LogP contribution is 2.15. The van der Waals surface area contributed by atoms with E-state index in [1.54, 1.807) is 7.11 Å². The lowest BCUT2D eigenvalue weighted by Gasteiger charge is -2.38. The Labute approximate surface area is 115 Å². The summed E-state index contributed by atoms with van der Waals surface area (Å²) in [6.45, 7) is 10.0. The van der Waals surface area contributed by atoms with Crippen molar-refractivity contribution in [2.75, 3.05) is 59.6 Å². The predicted octanol–water partition coefficient (Wildman–Crippen LogP) is -0.551. The van der Waals surface area contributed by atoms with Crippen molar-refractivity contribution in [3.05, 3.63) is 0 Å². The molecule has 0 unspecified atom stereocenters. The molecule has 0 aromatic rings. The van der Waals surface area contributed by atoms with Crippen LogP contribution in [0.2, 0.25) is 0 Å². The second kappa shape index (κ2) is 8.47. The maximum atomic E-state index is 11.5. The van der Waals surface area contributed by atoms with Crippen molar-refractivity contribution < 1.29 is 14.3 Å². The normalized spacial score (nSPS) is 19.3. The van der Waals surface area contributed by atoms with Crippen LogP contribution >= 0.6 is 0 Å². The first-order valence-electron chi connectivity index (χ1n) is 6.86. The van der Waals surface area contributed by atoms with Crippen LogP contribution in [0.1, 0.15) is 13.8 Å². The van der Waals surface area contributed by atoms with E-state index in [1.807, 2.05) is 0 Å². The van der Waals surface area contributed by atoms with Gasteiger partial charge in [0.25, 0.3) is 0 Å². The molecule has 1 fully saturated rings. The molecule has 0 spiro atoms. The van der Waals surface area contributed by atoms with Gasteiger partial charge in [-0.15, -0.1) is 0 Å². The summed E-state index contributed by atoms with van der Waals surface area (Å²) >= 11 is 0. The van der Waals surface area contributed by atoms with Gasteiger partial charge >= 0.3 is 0 Å². The fraction of sp³-hybridized carbons (Fsp3) is 0.923. The number of ether oxygens (including phenoxy) is 2. The van der Waals surface area contributed by atoms with Gasteiger partial charge in [-0.05, 0) is 13.8 Å². The van der Waals surface area contributed by atoms with Crippen LogP contribution in [0.15, 0.2) is 0 Å². The van der Waals surface area contributed by atoms with Crippen molar-refractivity contribution in [1.82, 2.24) is 15.5 Å². The summed E-state index contributed by atoms with van der Waals surface area (Å²) in [5.74, 6) is 0.0311. The average Bonchev–Trinajstić information content (AvgIpc) is 2.33. The number of carbonyl (C=O) groups is 1. The van der Waals surface area contributed by atoms with Crippen LogP contribution in [0.5, 0.6) is 0 Å². The maximum absolute atomic E-state index is 11.5. The Morgan fingerprint density at radius 3 is 2.89 bits per heavy atom. The minimum Gasteiger partial charge on any atom is -0.383 e. The highest BCUT2D eigenvalue weighted by atomic mass is 16.5. The minimum absolute atomic E-state index is 0.0311. The van der Waals surface area contributed by atoms with Gasteiger partial charge in [0.2, 0.25) is 5.91 Å². The third-order valence-electron chi connectivity index (χ3n) is 3.02. The molecule has 0 aliphatic carbocycles. The number of amides is 1. The topological polar surface area (TPSA) is 62.8 Å². The van der Waals surface area contributed by atoms with Crippen LogP contribution in [-0.2, 0) is 14.3 Å². The van der Waals surface area contributed by atoms with Crippen molar-refractivity contribution in [2.45, 2.75) is 19.4 Å². The molecular formula is C13H27N3O3. The summed E-state index contributed by atoms with van der Waals surface area (Å²) in [5.41, 5.74) is -0.0794. The number of morpholine rings is 1. The Hall–Kier alpha value is -0.690. The van der Waals surface area contributed by atoms with E-state index in [0.717, 1.165) is 26.2 Å². The van der Waals surface area contributed by atoms with E-state index in [-0.39, 0.29) is 11.5 Å². The monoisotopic (exact) mass is 273 g/mol. The van der Waals surface area contributed by atoms with E-state index < -0.39 is 0 Å². The molecule has 0 aromatic carbocycles. The van der Waals surface area contributed by atoms with E-state index in [4.69, 9.17) is 9.47 Å². The molecule has 2 N–H and O–H groups in total. The predicted molar refractivity (Wildman–Crippen MR) is 74.2 cm³/mol. The van der Waals surface area contributed by atoms with E-state index in [1.165, 1.54) is 0 Å². The molecule has 0 radical (unpaired) electrons. The Bertz CT molecular complexity index is 272. The molecule has 6 heteroatoms. The lowest BCUT2D eigenvalue weighted by molar-refractivity contribution is -0.120. The van der Waals surface area contributed by atoms with Crippen molar-refractivity contribution in [3.63, 3.8) is 0 Å². The first kappa shape index (κ1) is 16.4. The number of hydrogen-bond donors (Lipinski definition) is 2. The van der Waals surface area contributed by atoms with Crippen LogP contribution < -0.4 is 10.6 Å². The van der Waals surface area contributed by atoms with Crippen LogP contribution in [0.4, 0.5) is 0 Å². The van der Waals surface area contributed by atoms with Gasteiger partial charge in [-0.3, -0.25) is 9.69 Å². The maximum Gasteiger partial charge on any atom is 0.234 e. The second-order valence-corrected chi connectivity index (χ2v) is 5.40. The third-order valence-corrected chi connectivity index (χ3v) is 3.02. The molecular weight excluding hydrogens is 246 g/mol. The molecule has 0 aromatic heterocycles. The molecule has 0 atom stereocenters. The van der Waals surface area contributed by atoms with Crippen molar-refractivity contribution >= 4 is 5.91 Å². The SMILES string of the molecule is COCCNCC(=O)NCCN1CCOC(C)(C)C1. The van der Waals surface area contributed by atoms with Gasteiger partial charge in [-0.1, -0.05) is 0 Å². The quantitative estimate of drug-likeness (QED) is 0.581. The Morgan fingerprint density at radius 2 is 2.21 bits per heavy atom. The Kier molecular flexibility index (Phi) is 7.30. The molecule has 1 rings (SSSR count). The van der Waals surface area contributed by atoms with E-state index in [9.17, 15) is 4.79 Å². The standard InChI is InChI=1S/C13H27N3O3/c1-13(2)11-16(7-9-19-13)6-4-15-12(17)10-14-5-8-18-3/h14H,4-11H2,1-3H3,(H,15,17). The van der Waals surface area contributed by atoms with Gasteiger partial charge in [-0.25, -0.2) is 0 Å². The van der Waals surface area contributed by atoms with Crippen LogP contribution in [0, 0.1) is 0 Å². The van der Waals surface area contributed by atoms with Gasteiger partial charge in [0.05, 0.1) is 25.4 Å². The molecule has 1 aliphatic rings. The zero-order valence-corrected chi connectivity index (χ0v) is 12.3. The van der Waals surface area contributed by atoms with Gasteiger partial charge in [0.1, 0.15) is 0 Å². The molecule has 0 bridgehead atoms. The van der Waals surface area contributed by atoms with Gasteiger partial charge < -0.3 is 20.1 Å². The molecule has 19 heavy (non-hydrogen) atoms. The summed E-state index contributed by atoms with van der Waals surface area (Å²) in [6.07, 6.45) is 0. The lowest BCUT2D eigenvalue weighted by Crippen LogP contribution is -2.50. The summed E-state index contributed by atoms with van der Waals surface area (Å²) in [4.78, 5) is 13.8. The van der Waals surface area contributed by atoms with Gasteiger partial charge in [0.15, 0.2) is 0 Å². The number of rotatable bonds is 8. The molecule has 112 valence electrons. The van der Waals surface area contributed by atoms with E-state index >= 15 is 0 Å². The number of methoxy groups -OCH3 is 1. The van der Waals surface area contributed by atoms with Crippen molar-refractivity contribution in [1.29, 1.82) is 0 Å². The first-order chi connectivity index (χ1) is 9.03. The number of carbonyl (C=O) groups excluding carboxylic acids is 1. The Morgan fingerprint density at radius 1 is 1.42 bits per heavy atom. The zero-order chi connectivity index (χ0) is 14.1. The third kappa shape index (κ3) is 7.47. The molecule has 6 nitrogen and oxygen atoms in total. The van der Waals surface area contributed by atoms with Gasteiger partial charge in [-0.2, -0.15) is 0 Å². The van der Waals surface area contributed by atoms with Crippen LogP contribution in [-0.4, -0.2) is 76.0 Å². The van der Waals surface area contributed by atoms with E-state index in [2.05, 4.69) is 29.4 Å². The minimum atomic E-state index is -0.0794. The fourth-order valence-corrected chi connectivity index (χ4v) is 2.10. The molecule has 1 amide bonds. The molecule has 1 heterocycles. The number of nitrogens with one attached hydrogen (secondary N) is 2. The van der Waals surface area contributed by atoms with Crippen LogP contribution in [0.25, 0.3) is 0 Å². The van der Waals surface area contributed by atoms with Crippen molar-refractivity contribution in [3.8, 4) is 0 Å². The highest BCUT2D eigenvalue weighted by molar-refractivity contribution is 5.77. The molecule has 0 saturated carbocycles. The van der Waals surface area contributed by atoms with Crippen molar-refractivity contribution in [2.24, 2.45) is 0 Å². The summed E-state index contributed by atoms with van der Waals surface area (Å²) in [7, 11) is 1.64. The first-order valence-corrected chi connectivity index (χ1v) is 6.86. The van der Waals surface area contributed by atoms with Crippen LogP contribution in [0.3, 0.4) is 0 Å². The largest absolute Gasteiger partial charge is 0.383 e. The van der Waals surface area contributed by atoms with Gasteiger partial charge in [0, 0.05) is 39.8 Å². The molecule has 1 aliphatic heterocycles. The highest BCUT2D eigenvalue weighted by Gasteiger charge is 2.26. The number of nitrogens with zero attached hydrogens (tertiary/aromatic N) is 1. The number of hydrogen-bond acceptors (Lipinski definition) is 5. The lowest BCUT2D eigenvalue weighted by atomic mass is 10.1. The zero-order valence-electron chi connectivity index (χ0n) is 12.3. The van der Waals surface area contributed by atoms with E-state index in [0.29, 0.717) is 26.2 Å². The Balaban J connectivity index is 2.04. The summed E-state index contributed by atoms with van der Waals surface area (Å²) in [6, 6.07) is 0. The average molecular weight is 273 g/mol. The summed E-state index contributed by atoms with van der Waals surface area (Å²) in [5, 5.41) is 5.93.